The molecule has 0 saturated carbocycles. The number of nitrogens with zero attached hydrogens (tertiary/aromatic N) is 2. The smallest absolute Gasteiger partial charge is 0.344 e. The van der Waals surface area contributed by atoms with E-state index in [1.807, 2.05) is 37.3 Å². The summed E-state index contributed by atoms with van der Waals surface area (Å²) >= 11 is 0. The quantitative estimate of drug-likeness (QED) is 0.615. The molecule has 0 saturated heterocycles. The van der Waals surface area contributed by atoms with E-state index < -0.39 is 5.97 Å². The van der Waals surface area contributed by atoms with Crippen molar-refractivity contribution in [1.82, 2.24) is 10.2 Å². The molecule has 128 valence electrons. The van der Waals surface area contributed by atoms with Gasteiger partial charge in [0.15, 0.2) is 6.61 Å². The highest BCUT2D eigenvalue weighted by atomic mass is 16.6. The molecule has 0 unspecified atom stereocenters. The molecule has 6 nitrogen and oxygen atoms in total. The normalized spacial score (nSPS) is 10.4. The number of carbonyl (C=O) groups excluding carboxylic acids is 1. The number of hydrogen-bond acceptors (Lipinski definition) is 6. The highest BCUT2D eigenvalue weighted by Crippen LogP contribution is 2.21. The molecule has 0 N–H and O–H groups in total. The summed E-state index contributed by atoms with van der Waals surface area (Å²) in [7, 11) is 0. The number of rotatable bonds is 7. The fourth-order valence-corrected chi connectivity index (χ4v) is 2.13. The molecule has 1 heterocycles. The predicted octanol–water partition coefficient (Wildman–Crippen LogP) is 3.42. The van der Waals surface area contributed by atoms with Gasteiger partial charge in [0.2, 0.25) is 11.8 Å². The van der Waals surface area contributed by atoms with E-state index in [0.717, 1.165) is 11.1 Å². The van der Waals surface area contributed by atoms with Crippen LogP contribution in [0.1, 0.15) is 18.4 Å². The highest BCUT2D eigenvalue weighted by molar-refractivity contribution is 5.71. The second-order valence-electron chi connectivity index (χ2n) is 5.31. The van der Waals surface area contributed by atoms with Crippen LogP contribution in [0.2, 0.25) is 0 Å². The van der Waals surface area contributed by atoms with Crippen molar-refractivity contribution in [1.29, 1.82) is 0 Å². The van der Waals surface area contributed by atoms with Gasteiger partial charge in [0.1, 0.15) is 12.4 Å². The molecule has 0 aliphatic heterocycles. The van der Waals surface area contributed by atoms with Gasteiger partial charge in [-0.1, -0.05) is 37.3 Å². The van der Waals surface area contributed by atoms with Gasteiger partial charge >= 0.3 is 5.97 Å². The topological polar surface area (TPSA) is 74.5 Å². The van der Waals surface area contributed by atoms with Crippen molar-refractivity contribution in [2.24, 2.45) is 0 Å². The van der Waals surface area contributed by atoms with Gasteiger partial charge in [0, 0.05) is 12.0 Å². The summed E-state index contributed by atoms with van der Waals surface area (Å²) in [6, 6.07) is 16.6. The lowest BCUT2D eigenvalue weighted by atomic mass is 10.2. The van der Waals surface area contributed by atoms with Crippen LogP contribution in [0.15, 0.2) is 59.0 Å². The number of benzene rings is 2. The zero-order valence-corrected chi connectivity index (χ0v) is 13.8. The number of esters is 1. The molecule has 0 aliphatic rings. The molecular formula is C19H18N2O4. The number of hydrogen-bond donors (Lipinski definition) is 0. The maximum Gasteiger partial charge on any atom is 0.344 e. The minimum absolute atomic E-state index is 0.146. The minimum atomic E-state index is -0.419. The molecule has 3 rings (SSSR count). The first-order valence-electron chi connectivity index (χ1n) is 8.00. The van der Waals surface area contributed by atoms with Crippen LogP contribution in [0.25, 0.3) is 11.5 Å². The Balaban J connectivity index is 1.49. The Morgan fingerprint density at radius 3 is 2.48 bits per heavy atom. The first kappa shape index (κ1) is 16.7. The van der Waals surface area contributed by atoms with Gasteiger partial charge in [-0.2, -0.15) is 0 Å². The molecule has 25 heavy (non-hydrogen) atoms. The van der Waals surface area contributed by atoms with E-state index in [4.69, 9.17) is 13.9 Å². The first-order valence-corrected chi connectivity index (χ1v) is 8.00. The maximum absolute atomic E-state index is 11.7. The molecule has 0 radical (unpaired) electrons. The summed E-state index contributed by atoms with van der Waals surface area (Å²) in [5.74, 6) is 1.20. The van der Waals surface area contributed by atoms with Crippen molar-refractivity contribution < 1.29 is 18.7 Å². The van der Waals surface area contributed by atoms with E-state index in [2.05, 4.69) is 10.2 Å². The van der Waals surface area contributed by atoms with Crippen molar-refractivity contribution in [3.8, 4) is 17.2 Å². The third kappa shape index (κ3) is 4.67. The summed E-state index contributed by atoms with van der Waals surface area (Å²) in [6.07, 6.45) is 0.694. The Morgan fingerprint density at radius 1 is 1.04 bits per heavy atom. The Bertz CT molecular complexity index is 813. The summed E-state index contributed by atoms with van der Waals surface area (Å²) in [5.41, 5.74) is 1.73. The molecule has 0 spiro atoms. The van der Waals surface area contributed by atoms with Crippen LogP contribution in [0.3, 0.4) is 0 Å². The number of aryl methyl sites for hydroxylation is 1. The zero-order valence-electron chi connectivity index (χ0n) is 13.8. The van der Waals surface area contributed by atoms with E-state index in [0.29, 0.717) is 24.0 Å². The van der Waals surface area contributed by atoms with Gasteiger partial charge in [-0.15, -0.1) is 10.2 Å². The second-order valence-corrected chi connectivity index (χ2v) is 5.31. The summed E-state index contributed by atoms with van der Waals surface area (Å²) in [6.45, 7) is 2.04. The molecule has 3 aromatic rings. The highest BCUT2D eigenvalue weighted by Gasteiger charge is 2.08. The number of ether oxygens (including phenoxy) is 2. The van der Waals surface area contributed by atoms with Crippen molar-refractivity contribution in [2.75, 3.05) is 6.61 Å². The fourth-order valence-electron chi connectivity index (χ4n) is 2.13. The van der Waals surface area contributed by atoms with Gasteiger partial charge in [-0.05, 0) is 29.8 Å². The number of aromatic nitrogens is 2. The van der Waals surface area contributed by atoms with Crippen LogP contribution in [-0.4, -0.2) is 22.8 Å². The van der Waals surface area contributed by atoms with Gasteiger partial charge < -0.3 is 13.9 Å². The molecular weight excluding hydrogens is 320 g/mol. The SMILES string of the molecule is CCc1nnc(-c2ccc(OCC(=O)OCc3ccccc3)cc2)o1. The molecule has 6 heteroatoms. The van der Waals surface area contributed by atoms with E-state index >= 15 is 0 Å². The second kappa shape index (κ2) is 8.10. The van der Waals surface area contributed by atoms with Gasteiger partial charge in [0.05, 0.1) is 0 Å². The van der Waals surface area contributed by atoms with Crippen LogP contribution < -0.4 is 4.74 Å². The standard InChI is InChI=1S/C19H18N2O4/c1-2-17-20-21-19(25-17)15-8-10-16(11-9-15)23-13-18(22)24-12-14-6-4-3-5-7-14/h3-11H,2,12-13H2,1H3. The summed E-state index contributed by atoms with van der Waals surface area (Å²) in [4.78, 5) is 11.7. The third-order valence-corrected chi connectivity index (χ3v) is 3.47. The van der Waals surface area contributed by atoms with E-state index in [9.17, 15) is 4.79 Å². The van der Waals surface area contributed by atoms with Crippen LogP contribution >= 0.6 is 0 Å². The minimum Gasteiger partial charge on any atom is -0.482 e. The van der Waals surface area contributed by atoms with Gasteiger partial charge in [0.25, 0.3) is 0 Å². The molecule has 1 aromatic heterocycles. The predicted molar refractivity (Wildman–Crippen MR) is 90.8 cm³/mol. The average Bonchev–Trinajstić information content (AvgIpc) is 3.15. The fraction of sp³-hybridized carbons (Fsp3) is 0.211. The molecule has 0 bridgehead atoms. The molecule has 0 atom stereocenters. The lowest BCUT2D eigenvalue weighted by Crippen LogP contribution is -2.14. The van der Waals surface area contributed by atoms with Crippen molar-refractivity contribution in [2.45, 2.75) is 20.0 Å². The Kier molecular flexibility index (Phi) is 5.41. The van der Waals surface area contributed by atoms with E-state index in [1.165, 1.54) is 0 Å². The summed E-state index contributed by atoms with van der Waals surface area (Å²) < 4.78 is 16.1. The van der Waals surface area contributed by atoms with Crippen LogP contribution in [0, 0.1) is 0 Å². The summed E-state index contributed by atoms with van der Waals surface area (Å²) in [5, 5.41) is 7.91. The van der Waals surface area contributed by atoms with Crippen molar-refractivity contribution >= 4 is 5.97 Å². The lowest BCUT2D eigenvalue weighted by molar-refractivity contribution is -0.147. The Hall–Kier alpha value is -3.15. The Morgan fingerprint density at radius 2 is 1.80 bits per heavy atom. The molecule has 2 aromatic carbocycles. The van der Waals surface area contributed by atoms with Crippen molar-refractivity contribution in [3.05, 3.63) is 66.1 Å². The van der Waals surface area contributed by atoms with Gasteiger partial charge in [-0.25, -0.2) is 4.79 Å². The van der Waals surface area contributed by atoms with E-state index in [-0.39, 0.29) is 13.2 Å². The molecule has 0 aliphatic carbocycles. The van der Waals surface area contributed by atoms with Crippen molar-refractivity contribution in [3.63, 3.8) is 0 Å². The average molecular weight is 338 g/mol. The third-order valence-electron chi connectivity index (χ3n) is 3.47. The zero-order chi connectivity index (χ0) is 17.5. The lowest BCUT2D eigenvalue weighted by Gasteiger charge is -2.07. The first-order chi connectivity index (χ1) is 12.2. The van der Waals surface area contributed by atoms with Gasteiger partial charge in [-0.3, -0.25) is 0 Å². The maximum atomic E-state index is 11.7. The largest absolute Gasteiger partial charge is 0.482 e. The monoisotopic (exact) mass is 338 g/mol. The number of carbonyl (C=O) groups is 1. The Labute approximate surface area is 145 Å². The van der Waals surface area contributed by atoms with Crippen LogP contribution in [0.4, 0.5) is 0 Å². The van der Waals surface area contributed by atoms with E-state index in [1.54, 1.807) is 24.3 Å². The van der Waals surface area contributed by atoms with Crippen LogP contribution in [0.5, 0.6) is 5.75 Å². The van der Waals surface area contributed by atoms with Crippen LogP contribution in [-0.2, 0) is 22.6 Å². The molecule has 0 amide bonds. The molecule has 0 fully saturated rings.